The minimum absolute atomic E-state index is 0.0471. The van der Waals surface area contributed by atoms with Gasteiger partial charge in [-0.1, -0.05) is 17.3 Å². The summed E-state index contributed by atoms with van der Waals surface area (Å²) in [5, 5.41) is 3.53. The van der Waals surface area contributed by atoms with Crippen LogP contribution in [0.1, 0.15) is 40.9 Å². The number of amides is 1. The number of carbonyl (C=O) groups is 1. The van der Waals surface area contributed by atoms with Gasteiger partial charge in [-0.2, -0.15) is 13.2 Å². The van der Waals surface area contributed by atoms with E-state index in [1.807, 2.05) is 4.90 Å². The Morgan fingerprint density at radius 3 is 2.29 bits per heavy atom. The molecule has 2 aromatic rings. The lowest BCUT2D eigenvalue weighted by molar-refractivity contribution is -0.156. The van der Waals surface area contributed by atoms with E-state index in [-0.39, 0.29) is 17.2 Å². The first-order valence-electron chi connectivity index (χ1n) is 7.81. The molecule has 24 heavy (non-hydrogen) atoms. The Balaban J connectivity index is 1.82. The average molecular weight is 338 g/mol. The maximum Gasteiger partial charge on any atom is 0.452 e. The molecule has 1 aliphatic rings. The van der Waals surface area contributed by atoms with Crippen LogP contribution >= 0.6 is 0 Å². The summed E-state index contributed by atoms with van der Waals surface area (Å²) in [5.74, 6) is -1.14. The Morgan fingerprint density at radius 1 is 1.12 bits per heavy atom. The number of piperidine rings is 1. The van der Waals surface area contributed by atoms with Crippen molar-refractivity contribution < 1.29 is 22.5 Å². The Labute approximate surface area is 137 Å². The van der Waals surface area contributed by atoms with Crippen molar-refractivity contribution in [3.63, 3.8) is 0 Å². The lowest BCUT2D eigenvalue weighted by Gasteiger charge is -2.26. The second-order valence-electron chi connectivity index (χ2n) is 5.91. The van der Waals surface area contributed by atoms with Crippen molar-refractivity contribution in [1.82, 2.24) is 10.1 Å². The second-order valence-corrected chi connectivity index (χ2v) is 5.91. The molecule has 2 heterocycles. The van der Waals surface area contributed by atoms with E-state index in [0.29, 0.717) is 11.1 Å². The van der Waals surface area contributed by atoms with Gasteiger partial charge in [0.1, 0.15) is 5.69 Å². The van der Waals surface area contributed by atoms with Crippen LogP contribution in [0.2, 0.25) is 0 Å². The number of aromatic nitrogens is 1. The molecule has 1 saturated heterocycles. The highest BCUT2D eigenvalue weighted by atomic mass is 19.4. The molecule has 1 aliphatic heterocycles. The molecule has 0 aliphatic carbocycles. The van der Waals surface area contributed by atoms with Crippen molar-refractivity contribution in [3.05, 3.63) is 41.2 Å². The minimum Gasteiger partial charge on any atom is -0.351 e. The molecule has 0 atom stereocenters. The van der Waals surface area contributed by atoms with Crippen molar-refractivity contribution in [1.29, 1.82) is 0 Å². The van der Waals surface area contributed by atoms with Gasteiger partial charge >= 0.3 is 6.18 Å². The summed E-state index contributed by atoms with van der Waals surface area (Å²) in [7, 11) is 0. The molecule has 1 aromatic carbocycles. The van der Waals surface area contributed by atoms with Gasteiger partial charge < -0.3 is 9.42 Å². The van der Waals surface area contributed by atoms with Gasteiger partial charge in [0.15, 0.2) is 0 Å². The first-order chi connectivity index (χ1) is 11.4. The number of hydrogen-bond acceptors (Lipinski definition) is 3. The molecule has 0 unspecified atom stereocenters. The van der Waals surface area contributed by atoms with Crippen LogP contribution in [0.25, 0.3) is 11.3 Å². The van der Waals surface area contributed by atoms with Gasteiger partial charge in [0.25, 0.3) is 5.91 Å². The third-order valence-corrected chi connectivity index (χ3v) is 4.23. The van der Waals surface area contributed by atoms with Crippen LogP contribution in [0, 0.1) is 6.92 Å². The van der Waals surface area contributed by atoms with Gasteiger partial charge in [-0.15, -0.1) is 0 Å². The predicted molar refractivity (Wildman–Crippen MR) is 81.4 cm³/mol. The van der Waals surface area contributed by atoms with Crippen molar-refractivity contribution in [3.8, 4) is 11.3 Å². The fraction of sp³-hybridized carbons (Fsp3) is 0.412. The largest absolute Gasteiger partial charge is 0.452 e. The first-order valence-corrected chi connectivity index (χ1v) is 7.81. The monoisotopic (exact) mass is 338 g/mol. The van der Waals surface area contributed by atoms with Gasteiger partial charge in [0.2, 0.25) is 5.76 Å². The van der Waals surface area contributed by atoms with Crippen LogP contribution in [0.3, 0.4) is 0 Å². The topological polar surface area (TPSA) is 46.3 Å². The van der Waals surface area contributed by atoms with Crippen molar-refractivity contribution in [2.45, 2.75) is 32.4 Å². The predicted octanol–water partition coefficient (Wildman–Crippen LogP) is 4.29. The van der Waals surface area contributed by atoms with Gasteiger partial charge in [-0.25, -0.2) is 0 Å². The fourth-order valence-corrected chi connectivity index (χ4v) is 2.92. The zero-order chi connectivity index (χ0) is 17.3. The van der Waals surface area contributed by atoms with E-state index in [1.54, 1.807) is 24.3 Å². The molecule has 7 heteroatoms. The highest BCUT2D eigenvalue weighted by molar-refractivity contribution is 5.94. The van der Waals surface area contributed by atoms with Gasteiger partial charge in [-0.3, -0.25) is 4.79 Å². The van der Waals surface area contributed by atoms with Crippen LogP contribution in [-0.4, -0.2) is 29.1 Å². The number of benzene rings is 1. The quantitative estimate of drug-likeness (QED) is 0.820. The maximum atomic E-state index is 12.8. The van der Waals surface area contributed by atoms with E-state index < -0.39 is 11.9 Å². The summed E-state index contributed by atoms with van der Waals surface area (Å²) in [6.45, 7) is 2.82. The Kier molecular flexibility index (Phi) is 4.34. The van der Waals surface area contributed by atoms with E-state index in [4.69, 9.17) is 0 Å². The van der Waals surface area contributed by atoms with Crippen molar-refractivity contribution in [2.75, 3.05) is 13.1 Å². The molecule has 1 aromatic heterocycles. The fourth-order valence-electron chi connectivity index (χ4n) is 2.92. The average Bonchev–Trinajstić information content (AvgIpc) is 2.97. The molecule has 128 valence electrons. The lowest BCUT2D eigenvalue weighted by atomic mass is 10.0. The summed E-state index contributed by atoms with van der Waals surface area (Å²) in [4.78, 5) is 14.2. The maximum absolute atomic E-state index is 12.8. The van der Waals surface area contributed by atoms with Crippen LogP contribution in [0.4, 0.5) is 13.2 Å². The summed E-state index contributed by atoms with van der Waals surface area (Å²) in [6, 6.07) is 6.44. The normalized spacial score (nSPS) is 15.6. The van der Waals surface area contributed by atoms with Crippen molar-refractivity contribution in [2.24, 2.45) is 0 Å². The lowest BCUT2D eigenvalue weighted by Crippen LogP contribution is -2.35. The first kappa shape index (κ1) is 16.5. The molecule has 0 saturated carbocycles. The smallest absolute Gasteiger partial charge is 0.351 e. The Morgan fingerprint density at radius 2 is 1.75 bits per heavy atom. The van der Waals surface area contributed by atoms with Crippen LogP contribution in [0.15, 0.2) is 28.8 Å². The highest BCUT2D eigenvalue weighted by Gasteiger charge is 2.39. The van der Waals surface area contributed by atoms with Crippen molar-refractivity contribution >= 4 is 5.91 Å². The van der Waals surface area contributed by atoms with E-state index in [1.165, 1.54) is 6.92 Å². The number of hydrogen-bond donors (Lipinski definition) is 0. The molecule has 1 amide bonds. The summed E-state index contributed by atoms with van der Waals surface area (Å²) >= 11 is 0. The SMILES string of the molecule is Cc1c(-c2ccc(C(=O)N3CCCCC3)cc2)noc1C(F)(F)F. The molecule has 4 nitrogen and oxygen atoms in total. The van der Waals surface area contributed by atoms with Crippen LogP contribution in [-0.2, 0) is 6.18 Å². The van der Waals surface area contributed by atoms with Gasteiger partial charge in [-0.05, 0) is 38.3 Å². The minimum atomic E-state index is -4.57. The zero-order valence-corrected chi connectivity index (χ0v) is 13.2. The molecular weight excluding hydrogens is 321 g/mol. The Bertz CT molecular complexity index is 729. The molecule has 1 fully saturated rings. The number of rotatable bonds is 2. The van der Waals surface area contributed by atoms with E-state index in [0.717, 1.165) is 32.4 Å². The zero-order valence-electron chi connectivity index (χ0n) is 13.2. The number of alkyl halides is 3. The molecule has 0 bridgehead atoms. The molecule has 0 radical (unpaired) electrons. The van der Waals surface area contributed by atoms with Crippen LogP contribution in [0.5, 0.6) is 0 Å². The number of likely N-dealkylation sites (tertiary alicyclic amines) is 1. The van der Waals surface area contributed by atoms with Gasteiger partial charge in [0, 0.05) is 29.8 Å². The van der Waals surface area contributed by atoms with Crippen LogP contribution < -0.4 is 0 Å². The molecule has 0 N–H and O–H groups in total. The van der Waals surface area contributed by atoms with E-state index >= 15 is 0 Å². The molecule has 3 rings (SSSR count). The number of carbonyl (C=O) groups excluding carboxylic acids is 1. The third kappa shape index (κ3) is 3.16. The Hall–Kier alpha value is -2.31. The molecule has 0 spiro atoms. The highest BCUT2D eigenvalue weighted by Crippen LogP contribution is 2.36. The number of nitrogens with zero attached hydrogens (tertiary/aromatic N) is 2. The van der Waals surface area contributed by atoms with E-state index in [2.05, 4.69) is 9.68 Å². The third-order valence-electron chi connectivity index (χ3n) is 4.23. The molecular formula is C17H17F3N2O2. The summed E-state index contributed by atoms with van der Waals surface area (Å²) in [5.41, 5.74) is 1.09. The summed E-state index contributed by atoms with van der Waals surface area (Å²) in [6.07, 6.45) is -1.43. The second kappa shape index (κ2) is 6.30. The van der Waals surface area contributed by atoms with Gasteiger partial charge in [0.05, 0.1) is 0 Å². The number of halogens is 3. The van der Waals surface area contributed by atoms with E-state index in [9.17, 15) is 18.0 Å². The standard InChI is InChI=1S/C17H17F3N2O2/c1-11-14(21-24-15(11)17(18,19)20)12-5-7-13(8-6-12)16(23)22-9-3-2-4-10-22/h5-8H,2-4,9-10H2,1H3. The summed E-state index contributed by atoms with van der Waals surface area (Å²) < 4.78 is 42.7.